The quantitative estimate of drug-likeness (QED) is 0.564. The Balaban J connectivity index is 1.64. The van der Waals surface area contributed by atoms with Crippen LogP contribution in [0.25, 0.3) is 21.9 Å². The number of nitrogens with one attached hydrogen (secondary N) is 1. The molecule has 24 heavy (non-hydrogen) atoms. The number of hydrogen-bond acceptors (Lipinski definition) is 3. The Morgan fingerprint density at radius 2 is 1.83 bits per heavy atom. The van der Waals surface area contributed by atoms with Gasteiger partial charge < -0.3 is 4.52 Å². The standard InChI is InChI=1S/C20H21N3O/c1-12(2)19-16-9-8-14(11-18(16)24-23-19)10-13(3)20-15-6-4-5-7-17(15)21-22-20/h4-9,11-13H,10H2,1-3H3,(H,21,22). The molecule has 4 rings (SSSR count). The molecule has 1 unspecified atom stereocenters. The summed E-state index contributed by atoms with van der Waals surface area (Å²) in [6.07, 6.45) is 0.919. The fourth-order valence-electron chi connectivity index (χ4n) is 3.36. The molecule has 0 aliphatic rings. The maximum atomic E-state index is 5.52. The molecule has 0 amide bonds. The molecule has 0 saturated heterocycles. The van der Waals surface area contributed by atoms with Crippen molar-refractivity contribution in [2.24, 2.45) is 0 Å². The third kappa shape index (κ3) is 2.48. The minimum atomic E-state index is 0.325. The fraction of sp³-hybridized carbons (Fsp3) is 0.300. The summed E-state index contributed by atoms with van der Waals surface area (Å²) < 4.78 is 5.52. The minimum absolute atomic E-state index is 0.325. The number of nitrogens with zero attached hydrogens (tertiary/aromatic N) is 2. The summed E-state index contributed by atoms with van der Waals surface area (Å²) in [6.45, 7) is 6.48. The smallest absolute Gasteiger partial charge is 0.167 e. The third-order valence-electron chi connectivity index (χ3n) is 4.62. The molecule has 122 valence electrons. The predicted molar refractivity (Wildman–Crippen MR) is 96.3 cm³/mol. The van der Waals surface area contributed by atoms with Gasteiger partial charge in [-0.05, 0) is 36.1 Å². The first kappa shape index (κ1) is 14.9. The Hall–Kier alpha value is -2.62. The molecule has 0 fully saturated rings. The highest BCUT2D eigenvalue weighted by atomic mass is 16.5. The molecule has 2 heterocycles. The van der Waals surface area contributed by atoms with Crippen molar-refractivity contribution >= 4 is 21.9 Å². The van der Waals surface area contributed by atoms with Gasteiger partial charge in [-0.15, -0.1) is 0 Å². The van der Waals surface area contributed by atoms with Crippen molar-refractivity contribution in [3.8, 4) is 0 Å². The molecule has 2 aromatic heterocycles. The molecule has 0 saturated carbocycles. The summed E-state index contributed by atoms with van der Waals surface area (Å²) in [4.78, 5) is 0. The zero-order valence-electron chi connectivity index (χ0n) is 14.2. The molecule has 1 atom stereocenters. The van der Waals surface area contributed by atoms with Gasteiger partial charge >= 0.3 is 0 Å². The van der Waals surface area contributed by atoms with E-state index in [0.717, 1.165) is 34.3 Å². The van der Waals surface area contributed by atoms with Crippen LogP contribution >= 0.6 is 0 Å². The van der Waals surface area contributed by atoms with Crippen LogP contribution in [0.4, 0.5) is 0 Å². The number of H-pyrrole nitrogens is 1. The number of rotatable bonds is 4. The van der Waals surface area contributed by atoms with Crippen LogP contribution in [-0.4, -0.2) is 15.4 Å². The van der Waals surface area contributed by atoms with Gasteiger partial charge in [0.15, 0.2) is 5.58 Å². The lowest BCUT2D eigenvalue weighted by Gasteiger charge is -2.09. The highest BCUT2D eigenvalue weighted by Crippen LogP contribution is 2.29. The maximum absolute atomic E-state index is 5.52. The second-order valence-electron chi connectivity index (χ2n) is 6.81. The van der Waals surface area contributed by atoms with E-state index in [1.807, 2.05) is 6.07 Å². The molecule has 0 spiro atoms. The molecule has 0 aliphatic carbocycles. The molecule has 0 bridgehead atoms. The number of fused-ring (bicyclic) bond motifs is 2. The van der Waals surface area contributed by atoms with Gasteiger partial charge in [0.2, 0.25) is 0 Å². The molecule has 0 aliphatic heterocycles. The highest BCUT2D eigenvalue weighted by Gasteiger charge is 2.16. The van der Waals surface area contributed by atoms with Gasteiger partial charge in [-0.1, -0.05) is 50.2 Å². The SMILES string of the molecule is CC(C)c1noc2cc(CC(C)c3n[nH]c4ccccc34)ccc12. The molecule has 4 heteroatoms. The van der Waals surface area contributed by atoms with E-state index >= 15 is 0 Å². The van der Waals surface area contributed by atoms with Crippen LogP contribution in [0.5, 0.6) is 0 Å². The molecule has 4 nitrogen and oxygen atoms in total. The van der Waals surface area contributed by atoms with Crippen molar-refractivity contribution in [2.75, 3.05) is 0 Å². The van der Waals surface area contributed by atoms with Gasteiger partial charge in [0.25, 0.3) is 0 Å². The normalized spacial score (nSPS) is 13.2. The zero-order chi connectivity index (χ0) is 16.7. The number of benzene rings is 2. The van der Waals surface area contributed by atoms with Crippen LogP contribution in [-0.2, 0) is 6.42 Å². The van der Waals surface area contributed by atoms with E-state index in [1.165, 1.54) is 10.9 Å². The molecule has 0 radical (unpaired) electrons. The summed E-state index contributed by atoms with van der Waals surface area (Å²) in [7, 11) is 0. The molecule has 4 aromatic rings. The van der Waals surface area contributed by atoms with E-state index in [0.29, 0.717) is 11.8 Å². The topological polar surface area (TPSA) is 54.7 Å². The maximum Gasteiger partial charge on any atom is 0.167 e. The van der Waals surface area contributed by atoms with Crippen LogP contribution in [0.15, 0.2) is 47.0 Å². The van der Waals surface area contributed by atoms with Crippen LogP contribution in [0.3, 0.4) is 0 Å². The summed E-state index contributed by atoms with van der Waals surface area (Å²) in [6, 6.07) is 14.7. The first-order chi connectivity index (χ1) is 11.6. The average molecular weight is 319 g/mol. The Morgan fingerprint density at radius 3 is 2.67 bits per heavy atom. The first-order valence-corrected chi connectivity index (χ1v) is 8.44. The molecular formula is C20H21N3O. The molecule has 2 aromatic carbocycles. The Labute approximate surface area is 140 Å². The second-order valence-corrected chi connectivity index (χ2v) is 6.81. The Bertz CT molecular complexity index is 996. The van der Waals surface area contributed by atoms with Crippen molar-refractivity contribution < 1.29 is 4.52 Å². The van der Waals surface area contributed by atoms with Crippen LogP contribution in [0.1, 0.15) is 49.6 Å². The van der Waals surface area contributed by atoms with Crippen LogP contribution < -0.4 is 0 Å². The van der Waals surface area contributed by atoms with Crippen molar-refractivity contribution in [3.05, 3.63) is 59.4 Å². The van der Waals surface area contributed by atoms with Crippen molar-refractivity contribution in [3.63, 3.8) is 0 Å². The third-order valence-corrected chi connectivity index (χ3v) is 4.62. The Morgan fingerprint density at radius 1 is 1.00 bits per heavy atom. The van der Waals surface area contributed by atoms with E-state index in [1.54, 1.807) is 0 Å². The van der Waals surface area contributed by atoms with Crippen LogP contribution in [0, 0.1) is 0 Å². The van der Waals surface area contributed by atoms with Gasteiger partial charge in [-0.3, -0.25) is 5.10 Å². The number of para-hydroxylation sites is 1. The largest absolute Gasteiger partial charge is 0.356 e. The highest BCUT2D eigenvalue weighted by molar-refractivity contribution is 5.82. The summed E-state index contributed by atoms with van der Waals surface area (Å²) in [5.41, 5.74) is 5.35. The van der Waals surface area contributed by atoms with E-state index in [2.05, 4.69) is 72.5 Å². The zero-order valence-corrected chi connectivity index (χ0v) is 14.2. The second kappa shape index (κ2) is 5.78. The van der Waals surface area contributed by atoms with E-state index in [9.17, 15) is 0 Å². The minimum Gasteiger partial charge on any atom is -0.356 e. The monoisotopic (exact) mass is 319 g/mol. The van der Waals surface area contributed by atoms with E-state index in [-0.39, 0.29) is 0 Å². The van der Waals surface area contributed by atoms with E-state index in [4.69, 9.17) is 4.52 Å². The lowest BCUT2D eigenvalue weighted by Crippen LogP contribution is -1.99. The summed E-state index contributed by atoms with van der Waals surface area (Å²) in [5.74, 6) is 0.692. The fourth-order valence-corrected chi connectivity index (χ4v) is 3.36. The van der Waals surface area contributed by atoms with Gasteiger partial charge in [0.05, 0.1) is 16.9 Å². The van der Waals surface area contributed by atoms with Gasteiger partial charge in [0, 0.05) is 16.7 Å². The van der Waals surface area contributed by atoms with E-state index < -0.39 is 0 Å². The van der Waals surface area contributed by atoms with Crippen molar-refractivity contribution in [2.45, 2.75) is 39.0 Å². The first-order valence-electron chi connectivity index (χ1n) is 8.44. The lowest BCUT2D eigenvalue weighted by molar-refractivity contribution is 0.441. The number of hydrogen-bond donors (Lipinski definition) is 1. The summed E-state index contributed by atoms with van der Waals surface area (Å²) >= 11 is 0. The van der Waals surface area contributed by atoms with Crippen LogP contribution in [0.2, 0.25) is 0 Å². The number of aromatic amines is 1. The van der Waals surface area contributed by atoms with Crippen molar-refractivity contribution in [1.29, 1.82) is 0 Å². The van der Waals surface area contributed by atoms with Crippen molar-refractivity contribution in [1.82, 2.24) is 15.4 Å². The summed E-state index contributed by atoms with van der Waals surface area (Å²) in [5, 5.41) is 14.2. The van der Waals surface area contributed by atoms with Gasteiger partial charge in [0.1, 0.15) is 0 Å². The Kier molecular flexibility index (Phi) is 3.60. The lowest BCUT2D eigenvalue weighted by atomic mass is 9.95. The van der Waals surface area contributed by atoms with Gasteiger partial charge in [-0.2, -0.15) is 5.10 Å². The number of aromatic nitrogens is 3. The predicted octanol–water partition coefficient (Wildman–Crippen LogP) is 5.17. The molecular weight excluding hydrogens is 298 g/mol. The van der Waals surface area contributed by atoms with Gasteiger partial charge in [-0.25, -0.2) is 0 Å². The average Bonchev–Trinajstić information content (AvgIpc) is 3.18. The molecule has 1 N–H and O–H groups in total.